The Morgan fingerprint density at radius 1 is 0.867 bits per heavy atom. The van der Waals surface area contributed by atoms with Crippen LogP contribution in [-0.4, -0.2) is 79.5 Å². The molecule has 0 saturated carbocycles. The Labute approximate surface area is 184 Å². The van der Waals surface area contributed by atoms with E-state index in [9.17, 15) is 4.79 Å². The molecular formula is C24H31ClN4O. The molecule has 2 heterocycles. The standard InChI is InChI=1S/C24H31ClN4O/c1-2-26-9-15-29(16-10-26)24(30)21-6-3-5-20(17-21)19-27-11-13-28(14-12-27)23-8-4-7-22(25)18-23/h3-8,17-18H,2,9-16,19H2,1H3. The number of rotatable bonds is 5. The monoisotopic (exact) mass is 426 g/mol. The van der Waals surface area contributed by atoms with Gasteiger partial charge in [0.2, 0.25) is 0 Å². The largest absolute Gasteiger partial charge is 0.369 e. The van der Waals surface area contributed by atoms with Gasteiger partial charge in [0.25, 0.3) is 5.91 Å². The summed E-state index contributed by atoms with van der Waals surface area (Å²) in [5, 5.41) is 0.785. The fraction of sp³-hybridized carbons (Fsp3) is 0.458. The van der Waals surface area contributed by atoms with Crippen LogP contribution in [0.1, 0.15) is 22.8 Å². The molecule has 2 aliphatic rings. The zero-order chi connectivity index (χ0) is 20.9. The molecule has 0 unspecified atom stereocenters. The van der Waals surface area contributed by atoms with Crippen LogP contribution in [0.2, 0.25) is 5.02 Å². The Balaban J connectivity index is 1.32. The fourth-order valence-electron chi connectivity index (χ4n) is 4.35. The lowest BCUT2D eigenvalue weighted by molar-refractivity contribution is 0.0643. The summed E-state index contributed by atoms with van der Waals surface area (Å²) in [5.41, 5.74) is 3.22. The maximum atomic E-state index is 12.9. The highest BCUT2D eigenvalue weighted by Crippen LogP contribution is 2.21. The number of carbonyl (C=O) groups excluding carboxylic acids is 1. The van der Waals surface area contributed by atoms with Crippen LogP contribution in [0.4, 0.5) is 5.69 Å². The van der Waals surface area contributed by atoms with Crippen LogP contribution in [0.3, 0.4) is 0 Å². The van der Waals surface area contributed by atoms with Gasteiger partial charge in [-0.3, -0.25) is 9.69 Å². The van der Waals surface area contributed by atoms with Crippen molar-refractivity contribution in [1.29, 1.82) is 0 Å². The molecule has 0 bridgehead atoms. The van der Waals surface area contributed by atoms with E-state index in [1.165, 1.54) is 11.3 Å². The summed E-state index contributed by atoms with van der Waals surface area (Å²) in [4.78, 5) is 22.2. The lowest BCUT2D eigenvalue weighted by Crippen LogP contribution is -2.48. The van der Waals surface area contributed by atoms with E-state index in [1.807, 2.05) is 35.2 Å². The number of nitrogens with zero attached hydrogens (tertiary/aromatic N) is 4. The molecule has 0 radical (unpaired) electrons. The van der Waals surface area contributed by atoms with E-state index < -0.39 is 0 Å². The molecule has 30 heavy (non-hydrogen) atoms. The van der Waals surface area contributed by atoms with Gasteiger partial charge in [-0.25, -0.2) is 0 Å². The van der Waals surface area contributed by atoms with E-state index >= 15 is 0 Å². The lowest BCUT2D eigenvalue weighted by Gasteiger charge is -2.36. The van der Waals surface area contributed by atoms with Crippen LogP contribution in [0.15, 0.2) is 48.5 Å². The molecule has 160 valence electrons. The van der Waals surface area contributed by atoms with E-state index in [4.69, 9.17) is 11.6 Å². The Morgan fingerprint density at radius 3 is 2.27 bits per heavy atom. The van der Waals surface area contributed by atoms with Crippen molar-refractivity contribution in [1.82, 2.24) is 14.7 Å². The van der Waals surface area contributed by atoms with Crippen LogP contribution < -0.4 is 4.90 Å². The molecule has 0 spiro atoms. The second kappa shape index (κ2) is 9.82. The van der Waals surface area contributed by atoms with Crippen LogP contribution in [0, 0.1) is 0 Å². The van der Waals surface area contributed by atoms with Crippen molar-refractivity contribution < 1.29 is 4.79 Å². The highest BCUT2D eigenvalue weighted by Gasteiger charge is 2.22. The molecule has 2 aromatic carbocycles. The molecule has 0 aromatic heterocycles. The molecule has 2 fully saturated rings. The minimum atomic E-state index is 0.165. The zero-order valence-corrected chi connectivity index (χ0v) is 18.5. The van der Waals surface area contributed by atoms with Gasteiger partial charge in [0, 0.05) is 75.2 Å². The third-order valence-electron chi connectivity index (χ3n) is 6.23. The smallest absolute Gasteiger partial charge is 0.253 e. The van der Waals surface area contributed by atoms with Crippen LogP contribution in [-0.2, 0) is 6.54 Å². The minimum absolute atomic E-state index is 0.165. The highest BCUT2D eigenvalue weighted by molar-refractivity contribution is 6.30. The molecule has 2 aromatic rings. The first-order valence-corrected chi connectivity index (χ1v) is 11.3. The van der Waals surface area contributed by atoms with Crippen molar-refractivity contribution in [3.63, 3.8) is 0 Å². The van der Waals surface area contributed by atoms with Gasteiger partial charge in [-0.1, -0.05) is 36.7 Å². The predicted octanol–water partition coefficient (Wildman–Crippen LogP) is 3.44. The van der Waals surface area contributed by atoms with E-state index in [1.54, 1.807) is 0 Å². The number of piperazine rings is 2. The van der Waals surface area contributed by atoms with Gasteiger partial charge in [0.15, 0.2) is 0 Å². The number of carbonyl (C=O) groups is 1. The first-order chi connectivity index (χ1) is 14.6. The molecule has 6 heteroatoms. The van der Waals surface area contributed by atoms with Gasteiger partial charge in [-0.2, -0.15) is 0 Å². The van der Waals surface area contributed by atoms with Gasteiger partial charge in [0.05, 0.1) is 0 Å². The first-order valence-electron chi connectivity index (χ1n) is 11.0. The summed E-state index contributed by atoms with van der Waals surface area (Å²) in [6, 6.07) is 16.3. The van der Waals surface area contributed by atoms with Crippen molar-refractivity contribution in [2.75, 3.05) is 63.8 Å². The van der Waals surface area contributed by atoms with Crippen molar-refractivity contribution in [3.05, 3.63) is 64.7 Å². The SMILES string of the molecule is CCN1CCN(C(=O)c2cccc(CN3CCN(c4cccc(Cl)c4)CC3)c2)CC1. The van der Waals surface area contributed by atoms with Gasteiger partial charge in [-0.05, 0) is 42.4 Å². The first kappa shape index (κ1) is 21.2. The summed E-state index contributed by atoms with van der Waals surface area (Å²) in [6.07, 6.45) is 0. The number of anilines is 1. The molecule has 0 aliphatic carbocycles. The maximum absolute atomic E-state index is 12.9. The highest BCUT2D eigenvalue weighted by atomic mass is 35.5. The third-order valence-corrected chi connectivity index (χ3v) is 6.47. The molecule has 0 atom stereocenters. The van der Waals surface area contributed by atoms with Crippen molar-refractivity contribution in [2.45, 2.75) is 13.5 Å². The number of likely N-dealkylation sites (N-methyl/N-ethyl adjacent to an activating group) is 1. The van der Waals surface area contributed by atoms with Crippen molar-refractivity contribution in [3.8, 4) is 0 Å². The molecule has 1 amide bonds. The van der Waals surface area contributed by atoms with Gasteiger partial charge >= 0.3 is 0 Å². The molecule has 5 nitrogen and oxygen atoms in total. The normalized spacial score (nSPS) is 18.6. The van der Waals surface area contributed by atoms with Crippen LogP contribution in [0.25, 0.3) is 0 Å². The lowest BCUT2D eigenvalue weighted by atomic mass is 10.1. The second-order valence-electron chi connectivity index (χ2n) is 8.17. The average molecular weight is 427 g/mol. The number of hydrogen-bond acceptors (Lipinski definition) is 4. The van der Waals surface area contributed by atoms with E-state index in [0.29, 0.717) is 0 Å². The third kappa shape index (κ3) is 5.15. The van der Waals surface area contributed by atoms with E-state index in [2.05, 4.69) is 39.8 Å². The predicted molar refractivity (Wildman–Crippen MR) is 123 cm³/mol. The Morgan fingerprint density at radius 2 is 1.57 bits per heavy atom. The van der Waals surface area contributed by atoms with Crippen LogP contribution in [0.5, 0.6) is 0 Å². The molecule has 2 saturated heterocycles. The average Bonchev–Trinajstić information content (AvgIpc) is 2.79. The van der Waals surface area contributed by atoms with Crippen LogP contribution >= 0.6 is 11.6 Å². The molecular weight excluding hydrogens is 396 g/mol. The summed E-state index contributed by atoms with van der Waals surface area (Å²) < 4.78 is 0. The topological polar surface area (TPSA) is 30.0 Å². The zero-order valence-electron chi connectivity index (χ0n) is 17.8. The van der Waals surface area contributed by atoms with E-state index in [-0.39, 0.29) is 5.91 Å². The van der Waals surface area contributed by atoms with Crippen molar-refractivity contribution >= 4 is 23.2 Å². The molecule has 4 rings (SSSR count). The Kier molecular flexibility index (Phi) is 6.93. The number of halogens is 1. The van der Waals surface area contributed by atoms with Gasteiger partial charge < -0.3 is 14.7 Å². The number of benzene rings is 2. The number of hydrogen-bond donors (Lipinski definition) is 0. The van der Waals surface area contributed by atoms with E-state index in [0.717, 1.165) is 76.0 Å². The quantitative estimate of drug-likeness (QED) is 0.732. The van der Waals surface area contributed by atoms with Gasteiger partial charge in [-0.15, -0.1) is 0 Å². The maximum Gasteiger partial charge on any atom is 0.253 e. The summed E-state index contributed by atoms with van der Waals surface area (Å²) in [7, 11) is 0. The summed E-state index contributed by atoms with van der Waals surface area (Å²) in [5.74, 6) is 0.165. The van der Waals surface area contributed by atoms with Crippen molar-refractivity contribution in [2.24, 2.45) is 0 Å². The number of amides is 1. The fourth-order valence-corrected chi connectivity index (χ4v) is 4.53. The molecule has 2 aliphatic heterocycles. The van der Waals surface area contributed by atoms with Gasteiger partial charge in [0.1, 0.15) is 0 Å². The Hall–Kier alpha value is -2.08. The minimum Gasteiger partial charge on any atom is -0.369 e. The second-order valence-corrected chi connectivity index (χ2v) is 8.61. The Bertz CT molecular complexity index is 858. The molecule has 0 N–H and O–H groups in total. The summed E-state index contributed by atoms with van der Waals surface area (Å²) >= 11 is 6.14. The summed E-state index contributed by atoms with van der Waals surface area (Å²) in [6.45, 7) is 11.7.